The number of hydrogen-bond donors (Lipinski definition) is 1. The van der Waals surface area contributed by atoms with Crippen molar-refractivity contribution >= 4 is 11.9 Å². The highest BCUT2D eigenvalue weighted by Crippen LogP contribution is 2.37. The molecule has 0 aliphatic carbocycles. The minimum absolute atomic E-state index is 0. The van der Waals surface area contributed by atoms with Gasteiger partial charge in [-0.05, 0) is 33.6 Å². The zero-order valence-corrected chi connectivity index (χ0v) is 10.1. The van der Waals surface area contributed by atoms with Crippen LogP contribution in [0.5, 0.6) is 0 Å². The molecule has 4 heteroatoms. The number of ether oxygens (including phenoxy) is 1. The van der Waals surface area contributed by atoms with Gasteiger partial charge in [-0.2, -0.15) is 0 Å². The van der Waals surface area contributed by atoms with E-state index in [-0.39, 0.29) is 42.1 Å². The van der Waals surface area contributed by atoms with Crippen molar-refractivity contribution in [3.63, 3.8) is 0 Å². The second-order valence-electron chi connectivity index (χ2n) is 4.77. The van der Waals surface area contributed by atoms with E-state index >= 15 is 0 Å². The molecule has 0 aliphatic rings. The lowest BCUT2D eigenvalue weighted by atomic mass is 9.72. The standard InChI is InChI=1S/C11H20O4.4CH4/c1-6-11(4,9(14)15-5)7-10(2,3)8(12)13;;;;/h6-7H2,1-5H3,(H,12,13);4*1H4. The summed E-state index contributed by atoms with van der Waals surface area (Å²) >= 11 is 0. The van der Waals surface area contributed by atoms with Gasteiger partial charge in [-0.15, -0.1) is 0 Å². The molecule has 0 aromatic carbocycles. The number of aliphatic carboxylic acids is 1. The number of carboxylic acid groups (broad SMARTS) is 1. The molecule has 0 aromatic heterocycles. The van der Waals surface area contributed by atoms with Crippen LogP contribution in [-0.2, 0) is 14.3 Å². The third-order valence-corrected chi connectivity index (χ3v) is 2.87. The largest absolute Gasteiger partial charge is 0.481 e. The van der Waals surface area contributed by atoms with Crippen LogP contribution in [0.25, 0.3) is 0 Å². The molecule has 0 fully saturated rings. The average Bonchev–Trinajstić information content (AvgIpc) is 2.15. The fraction of sp³-hybridized carbons (Fsp3) is 0.867. The van der Waals surface area contributed by atoms with Gasteiger partial charge in [0.15, 0.2) is 0 Å². The zero-order chi connectivity index (χ0) is 12.3. The lowest BCUT2D eigenvalue weighted by Crippen LogP contribution is -2.37. The van der Waals surface area contributed by atoms with Gasteiger partial charge in [0.1, 0.15) is 0 Å². The fourth-order valence-electron chi connectivity index (χ4n) is 1.64. The summed E-state index contributed by atoms with van der Waals surface area (Å²) in [7, 11) is 1.32. The third kappa shape index (κ3) is 7.85. The van der Waals surface area contributed by atoms with E-state index in [4.69, 9.17) is 9.84 Å². The van der Waals surface area contributed by atoms with Crippen LogP contribution in [0.15, 0.2) is 0 Å². The molecule has 4 nitrogen and oxygen atoms in total. The Hall–Kier alpha value is -1.06. The molecule has 0 saturated carbocycles. The van der Waals surface area contributed by atoms with Gasteiger partial charge < -0.3 is 9.84 Å². The summed E-state index contributed by atoms with van der Waals surface area (Å²) in [6, 6.07) is 0. The summed E-state index contributed by atoms with van der Waals surface area (Å²) in [5.74, 6) is -1.24. The topological polar surface area (TPSA) is 63.6 Å². The fourth-order valence-corrected chi connectivity index (χ4v) is 1.64. The molecule has 120 valence electrons. The van der Waals surface area contributed by atoms with Gasteiger partial charge >= 0.3 is 11.9 Å². The molecule has 0 spiro atoms. The number of methoxy groups -OCH3 is 1. The van der Waals surface area contributed by atoms with Crippen LogP contribution in [0.1, 0.15) is 70.2 Å². The maximum absolute atomic E-state index is 11.5. The molecule has 19 heavy (non-hydrogen) atoms. The van der Waals surface area contributed by atoms with Crippen molar-refractivity contribution in [2.75, 3.05) is 7.11 Å². The molecule has 0 aliphatic heterocycles. The summed E-state index contributed by atoms with van der Waals surface area (Å²) in [5.41, 5.74) is -1.64. The first-order valence-corrected chi connectivity index (χ1v) is 5.01. The number of rotatable bonds is 5. The van der Waals surface area contributed by atoms with Crippen LogP contribution in [0.2, 0.25) is 0 Å². The first-order chi connectivity index (χ1) is 6.69. The Kier molecular flexibility index (Phi) is 17.5. The van der Waals surface area contributed by atoms with Gasteiger partial charge in [0.25, 0.3) is 0 Å². The molecule has 0 bridgehead atoms. The van der Waals surface area contributed by atoms with Gasteiger partial charge in [-0.25, -0.2) is 0 Å². The quantitative estimate of drug-likeness (QED) is 0.746. The predicted octanol–water partition coefficient (Wildman–Crippen LogP) is 4.62. The van der Waals surface area contributed by atoms with Gasteiger partial charge in [0.2, 0.25) is 0 Å². The predicted molar refractivity (Wildman–Crippen MR) is 83.4 cm³/mol. The summed E-state index contributed by atoms with van der Waals surface area (Å²) in [6.07, 6.45) is 0.842. The lowest BCUT2D eigenvalue weighted by molar-refractivity contribution is -0.158. The molecule has 1 atom stereocenters. The monoisotopic (exact) mass is 280 g/mol. The van der Waals surface area contributed by atoms with E-state index in [1.165, 1.54) is 7.11 Å². The van der Waals surface area contributed by atoms with Gasteiger partial charge in [-0.1, -0.05) is 36.6 Å². The summed E-state index contributed by atoms with van der Waals surface area (Å²) < 4.78 is 4.70. The maximum Gasteiger partial charge on any atom is 0.311 e. The number of carboxylic acids is 1. The minimum Gasteiger partial charge on any atom is -0.481 e. The molecular weight excluding hydrogens is 244 g/mol. The number of carbonyl (C=O) groups is 2. The molecule has 0 amide bonds. The highest BCUT2D eigenvalue weighted by molar-refractivity contribution is 5.79. The number of hydrogen-bond acceptors (Lipinski definition) is 3. The van der Waals surface area contributed by atoms with E-state index in [9.17, 15) is 9.59 Å². The normalized spacial score (nSPS) is 12.3. The van der Waals surface area contributed by atoms with Gasteiger partial charge in [0.05, 0.1) is 17.9 Å². The van der Waals surface area contributed by atoms with Crippen LogP contribution < -0.4 is 0 Å². The molecule has 0 saturated heterocycles. The van der Waals surface area contributed by atoms with Crippen molar-refractivity contribution in [3.05, 3.63) is 0 Å². The summed E-state index contributed by atoms with van der Waals surface area (Å²) in [4.78, 5) is 22.5. The van der Waals surface area contributed by atoms with Crippen molar-refractivity contribution in [3.8, 4) is 0 Å². The highest BCUT2D eigenvalue weighted by Gasteiger charge is 2.41. The van der Waals surface area contributed by atoms with E-state index in [0.29, 0.717) is 6.42 Å². The minimum atomic E-state index is -0.918. The average molecular weight is 280 g/mol. The molecule has 0 heterocycles. The van der Waals surface area contributed by atoms with Crippen molar-refractivity contribution in [2.45, 2.75) is 70.2 Å². The van der Waals surface area contributed by atoms with Crippen LogP contribution in [0.3, 0.4) is 0 Å². The second kappa shape index (κ2) is 10.8. The molecule has 1 N–H and O–H groups in total. The van der Waals surface area contributed by atoms with Crippen molar-refractivity contribution in [2.24, 2.45) is 10.8 Å². The number of carbonyl (C=O) groups excluding carboxylic acids is 1. The second-order valence-corrected chi connectivity index (χ2v) is 4.77. The van der Waals surface area contributed by atoms with E-state index in [0.717, 1.165) is 0 Å². The van der Waals surface area contributed by atoms with Crippen molar-refractivity contribution in [1.29, 1.82) is 0 Å². The Labute approximate surface area is 120 Å². The molecular formula is C15H36O4. The molecule has 0 radical (unpaired) electrons. The van der Waals surface area contributed by atoms with Crippen LogP contribution in [0.4, 0.5) is 0 Å². The Morgan fingerprint density at radius 1 is 1.05 bits per heavy atom. The maximum atomic E-state index is 11.5. The summed E-state index contributed by atoms with van der Waals surface area (Å²) in [5, 5.41) is 9.00. The van der Waals surface area contributed by atoms with E-state index < -0.39 is 16.8 Å². The van der Waals surface area contributed by atoms with Gasteiger partial charge in [-0.3, -0.25) is 9.59 Å². The van der Waals surface area contributed by atoms with Crippen LogP contribution in [-0.4, -0.2) is 24.2 Å². The molecule has 0 rings (SSSR count). The summed E-state index contributed by atoms with van der Waals surface area (Å²) in [6.45, 7) is 6.83. The SMILES string of the molecule is C.C.C.C.CCC(C)(CC(C)(C)C(=O)O)C(=O)OC. The van der Waals surface area contributed by atoms with E-state index in [1.54, 1.807) is 20.8 Å². The Morgan fingerprint density at radius 2 is 1.42 bits per heavy atom. The number of esters is 1. The van der Waals surface area contributed by atoms with Crippen molar-refractivity contribution < 1.29 is 19.4 Å². The smallest absolute Gasteiger partial charge is 0.311 e. The Morgan fingerprint density at radius 3 is 1.63 bits per heavy atom. The lowest BCUT2D eigenvalue weighted by Gasteiger charge is -2.31. The zero-order valence-electron chi connectivity index (χ0n) is 10.1. The van der Waals surface area contributed by atoms with Crippen molar-refractivity contribution in [1.82, 2.24) is 0 Å². The van der Waals surface area contributed by atoms with Gasteiger partial charge in [0, 0.05) is 0 Å². The first-order valence-electron chi connectivity index (χ1n) is 5.01. The molecule has 1 unspecified atom stereocenters. The Bertz CT molecular complexity index is 259. The third-order valence-electron chi connectivity index (χ3n) is 2.87. The van der Waals surface area contributed by atoms with E-state index in [2.05, 4.69) is 0 Å². The Balaban J connectivity index is -0.000000163. The first kappa shape index (κ1) is 30.7. The van der Waals surface area contributed by atoms with E-state index in [1.807, 2.05) is 6.92 Å². The van der Waals surface area contributed by atoms with Crippen LogP contribution in [0, 0.1) is 10.8 Å². The highest BCUT2D eigenvalue weighted by atomic mass is 16.5. The molecule has 0 aromatic rings. The van der Waals surface area contributed by atoms with Crippen LogP contribution >= 0.6 is 0 Å².